The summed E-state index contributed by atoms with van der Waals surface area (Å²) in [6.07, 6.45) is -0.941. The minimum Gasteiger partial charge on any atom is -0.368 e. The molecule has 4 nitrogen and oxygen atoms in total. The molecule has 0 saturated heterocycles. The van der Waals surface area contributed by atoms with E-state index < -0.39 is 12.6 Å². The summed E-state index contributed by atoms with van der Waals surface area (Å²) in [5, 5.41) is 16.9. The predicted molar refractivity (Wildman–Crippen MR) is 38.4 cm³/mol. The summed E-state index contributed by atoms with van der Waals surface area (Å²) in [7, 11) is 0. The fraction of sp³-hybridized carbons (Fsp3) is 0.857. The zero-order valence-electron chi connectivity index (χ0n) is 6.78. The van der Waals surface area contributed by atoms with Gasteiger partial charge in [-0.2, -0.15) is 5.26 Å². The Labute approximate surface area is 66.3 Å². The molecule has 0 heterocycles. The van der Waals surface area contributed by atoms with Crippen molar-refractivity contribution in [1.82, 2.24) is 0 Å². The first-order chi connectivity index (χ1) is 5.16. The molecule has 0 aromatic carbocycles. The van der Waals surface area contributed by atoms with Gasteiger partial charge in [-0.15, -0.1) is 0 Å². The molecular formula is C7H13NO3. The third-order valence-corrected chi connectivity index (χ3v) is 0.955. The first-order valence-electron chi connectivity index (χ1n) is 3.49. The van der Waals surface area contributed by atoms with Gasteiger partial charge in [-0.3, -0.25) is 0 Å². The molecule has 2 atom stereocenters. The van der Waals surface area contributed by atoms with Gasteiger partial charge in [-0.25, -0.2) is 0 Å². The van der Waals surface area contributed by atoms with E-state index in [1.807, 2.05) is 6.07 Å². The van der Waals surface area contributed by atoms with E-state index in [1.54, 1.807) is 6.92 Å². The number of aliphatic hydroxyl groups is 1. The average Bonchev–Trinajstić information content (AvgIpc) is 1.86. The highest BCUT2D eigenvalue weighted by molar-refractivity contribution is 4.67. The molecule has 0 aliphatic carbocycles. The van der Waals surface area contributed by atoms with E-state index in [4.69, 9.17) is 19.8 Å². The SMILES string of the molecule is CC(O)OC(C)OCCC#N. The molecule has 0 aliphatic heterocycles. The van der Waals surface area contributed by atoms with Crippen molar-refractivity contribution in [2.24, 2.45) is 0 Å². The molecule has 1 N–H and O–H groups in total. The maximum atomic E-state index is 8.71. The molecule has 4 heteroatoms. The third kappa shape index (κ3) is 7.26. The number of nitriles is 1. The Balaban J connectivity index is 3.24. The standard InChI is InChI=1S/C7H13NO3/c1-6(9)11-7(2)10-5-3-4-8/h6-7,9H,3,5H2,1-2H3. The van der Waals surface area contributed by atoms with Crippen LogP contribution in [0.25, 0.3) is 0 Å². The zero-order chi connectivity index (χ0) is 8.69. The molecule has 64 valence electrons. The Morgan fingerprint density at radius 2 is 2.18 bits per heavy atom. The molecule has 11 heavy (non-hydrogen) atoms. The highest BCUT2D eigenvalue weighted by Gasteiger charge is 2.04. The van der Waals surface area contributed by atoms with E-state index in [9.17, 15) is 0 Å². The first-order valence-corrected chi connectivity index (χ1v) is 3.49. The van der Waals surface area contributed by atoms with Crippen LogP contribution in [0.3, 0.4) is 0 Å². The van der Waals surface area contributed by atoms with Gasteiger partial charge in [0.15, 0.2) is 12.6 Å². The molecular weight excluding hydrogens is 146 g/mol. The number of hydrogen-bond acceptors (Lipinski definition) is 4. The van der Waals surface area contributed by atoms with Crippen molar-refractivity contribution < 1.29 is 14.6 Å². The summed E-state index contributed by atoms with van der Waals surface area (Å²) >= 11 is 0. The molecule has 0 rings (SSSR count). The van der Waals surface area contributed by atoms with Crippen LogP contribution in [0.5, 0.6) is 0 Å². The van der Waals surface area contributed by atoms with Crippen molar-refractivity contribution in [1.29, 1.82) is 5.26 Å². The van der Waals surface area contributed by atoms with Crippen molar-refractivity contribution in [2.75, 3.05) is 6.61 Å². The van der Waals surface area contributed by atoms with Gasteiger partial charge in [0.05, 0.1) is 19.1 Å². The molecule has 0 amide bonds. The largest absolute Gasteiger partial charge is 0.368 e. The van der Waals surface area contributed by atoms with Gasteiger partial charge in [0.25, 0.3) is 0 Å². The maximum Gasteiger partial charge on any atom is 0.157 e. The van der Waals surface area contributed by atoms with E-state index in [2.05, 4.69) is 0 Å². The van der Waals surface area contributed by atoms with Gasteiger partial charge in [0.2, 0.25) is 0 Å². The van der Waals surface area contributed by atoms with E-state index >= 15 is 0 Å². The smallest absolute Gasteiger partial charge is 0.157 e. The van der Waals surface area contributed by atoms with Crippen molar-refractivity contribution in [3.63, 3.8) is 0 Å². The maximum absolute atomic E-state index is 8.71. The summed E-state index contributed by atoms with van der Waals surface area (Å²) in [5.41, 5.74) is 0. The van der Waals surface area contributed by atoms with Gasteiger partial charge in [-0.1, -0.05) is 0 Å². The van der Waals surface area contributed by atoms with Crippen LogP contribution in [0.15, 0.2) is 0 Å². The lowest BCUT2D eigenvalue weighted by atomic mass is 10.5. The molecule has 0 saturated carbocycles. The highest BCUT2D eigenvalue weighted by atomic mass is 16.7. The lowest BCUT2D eigenvalue weighted by molar-refractivity contribution is -0.212. The van der Waals surface area contributed by atoms with E-state index in [0.29, 0.717) is 13.0 Å². The van der Waals surface area contributed by atoms with Gasteiger partial charge >= 0.3 is 0 Å². The van der Waals surface area contributed by atoms with Crippen LogP contribution in [0.1, 0.15) is 20.3 Å². The first kappa shape index (κ1) is 10.4. The van der Waals surface area contributed by atoms with Crippen molar-refractivity contribution in [3.8, 4) is 6.07 Å². The Hall–Kier alpha value is -0.630. The Kier molecular flexibility index (Phi) is 5.75. The van der Waals surface area contributed by atoms with E-state index in [1.165, 1.54) is 6.92 Å². The molecule has 0 bridgehead atoms. The predicted octanol–water partition coefficient (Wildman–Crippen LogP) is 0.618. The molecule has 0 radical (unpaired) electrons. The van der Waals surface area contributed by atoms with Gasteiger partial charge in [0.1, 0.15) is 0 Å². The van der Waals surface area contributed by atoms with E-state index in [0.717, 1.165) is 0 Å². The fourth-order valence-electron chi connectivity index (χ4n) is 0.587. The van der Waals surface area contributed by atoms with Crippen molar-refractivity contribution >= 4 is 0 Å². The van der Waals surface area contributed by atoms with Crippen LogP contribution < -0.4 is 0 Å². The lowest BCUT2D eigenvalue weighted by Gasteiger charge is -2.14. The van der Waals surface area contributed by atoms with Crippen LogP contribution in [0.4, 0.5) is 0 Å². The second-order valence-corrected chi connectivity index (χ2v) is 2.08. The number of ether oxygens (including phenoxy) is 2. The van der Waals surface area contributed by atoms with Crippen LogP contribution >= 0.6 is 0 Å². The number of aliphatic hydroxyl groups excluding tert-OH is 1. The van der Waals surface area contributed by atoms with Crippen LogP contribution in [-0.2, 0) is 9.47 Å². The summed E-state index contributed by atoms with van der Waals surface area (Å²) in [6.45, 7) is 3.51. The van der Waals surface area contributed by atoms with Crippen LogP contribution in [-0.4, -0.2) is 24.3 Å². The normalized spacial score (nSPS) is 15.5. The number of hydrogen-bond donors (Lipinski definition) is 1. The average molecular weight is 159 g/mol. The molecule has 0 aromatic rings. The molecule has 2 unspecified atom stereocenters. The second-order valence-electron chi connectivity index (χ2n) is 2.08. The van der Waals surface area contributed by atoms with Gasteiger partial charge in [-0.05, 0) is 13.8 Å². The second kappa shape index (κ2) is 6.10. The van der Waals surface area contributed by atoms with Crippen LogP contribution in [0.2, 0.25) is 0 Å². The minimum absolute atomic E-state index is 0.338. The summed E-state index contributed by atoms with van der Waals surface area (Å²) < 4.78 is 9.81. The zero-order valence-corrected chi connectivity index (χ0v) is 6.78. The van der Waals surface area contributed by atoms with Crippen LogP contribution in [0, 0.1) is 11.3 Å². The molecule has 0 aromatic heterocycles. The number of nitrogens with zero attached hydrogens (tertiary/aromatic N) is 1. The Bertz CT molecular complexity index is 130. The molecule has 0 spiro atoms. The quantitative estimate of drug-likeness (QED) is 0.471. The Morgan fingerprint density at radius 3 is 2.64 bits per heavy atom. The van der Waals surface area contributed by atoms with Crippen molar-refractivity contribution in [3.05, 3.63) is 0 Å². The van der Waals surface area contributed by atoms with Gasteiger partial charge in [0, 0.05) is 0 Å². The topological polar surface area (TPSA) is 62.5 Å². The highest BCUT2D eigenvalue weighted by Crippen LogP contribution is 1.97. The summed E-state index contributed by atoms with van der Waals surface area (Å²) in [6, 6.07) is 1.93. The molecule has 0 aliphatic rings. The molecule has 0 fully saturated rings. The third-order valence-electron chi connectivity index (χ3n) is 0.955. The fourth-order valence-corrected chi connectivity index (χ4v) is 0.587. The Morgan fingerprint density at radius 1 is 1.55 bits per heavy atom. The van der Waals surface area contributed by atoms with Gasteiger partial charge < -0.3 is 14.6 Å². The van der Waals surface area contributed by atoms with Crippen molar-refractivity contribution in [2.45, 2.75) is 32.8 Å². The monoisotopic (exact) mass is 159 g/mol. The lowest BCUT2D eigenvalue weighted by Crippen LogP contribution is -2.19. The van der Waals surface area contributed by atoms with E-state index in [-0.39, 0.29) is 0 Å². The minimum atomic E-state index is -0.827. The summed E-state index contributed by atoms with van der Waals surface area (Å²) in [4.78, 5) is 0. The number of rotatable bonds is 5. The summed E-state index contributed by atoms with van der Waals surface area (Å²) in [5.74, 6) is 0.